The quantitative estimate of drug-likeness (QED) is 0.485. The van der Waals surface area contributed by atoms with Gasteiger partial charge in [-0.2, -0.15) is 0 Å². The minimum Gasteiger partial charge on any atom is -0.546 e. The van der Waals surface area contributed by atoms with Crippen molar-refractivity contribution < 1.29 is 4.43 Å². The zero-order valence-electron chi connectivity index (χ0n) is 14.8. The molecule has 0 N–H and O–H groups in total. The number of aryl methyl sites for hydroxylation is 1. The van der Waals surface area contributed by atoms with Gasteiger partial charge in [0.1, 0.15) is 11.4 Å². The van der Waals surface area contributed by atoms with Gasteiger partial charge in [0.15, 0.2) is 0 Å². The molecule has 0 spiro atoms. The summed E-state index contributed by atoms with van der Waals surface area (Å²) in [6, 6.07) is 22.1. The lowest BCUT2D eigenvalue weighted by Crippen LogP contribution is -2.12. The zero-order chi connectivity index (χ0) is 17.6. The van der Waals surface area contributed by atoms with Crippen molar-refractivity contribution in [2.75, 3.05) is 0 Å². The van der Waals surface area contributed by atoms with Crippen molar-refractivity contribution in [1.29, 1.82) is 0 Å². The molecule has 0 saturated heterocycles. The molecule has 0 bridgehead atoms. The topological polar surface area (TPSA) is 34.5 Å². The first-order valence-electron chi connectivity index (χ1n) is 8.47. The summed E-state index contributed by atoms with van der Waals surface area (Å²) in [5.74, 6) is 0.839. The Kier molecular flexibility index (Phi) is 5.41. The maximum atomic E-state index is 6.06. The van der Waals surface area contributed by atoms with Crippen LogP contribution in [0.1, 0.15) is 16.8 Å². The molecule has 3 aromatic rings. The van der Waals surface area contributed by atoms with E-state index >= 15 is 0 Å². The molecule has 1 aromatic heterocycles. The van der Waals surface area contributed by atoms with Crippen LogP contribution < -0.4 is 4.43 Å². The average molecular weight is 347 g/mol. The third-order valence-corrected chi connectivity index (χ3v) is 4.47. The fourth-order valence-electron chi connectivity index (χ4n) is 2.61. The molecule has 0 aliphatic rings. The number of hydrogen-bond donors (Lipinski definition) is 0. The highest BCUT2D eigenvalue weighted by Gasteiger charge is 2.13. The van der Waals surface area contributed by atoms with Gasteiger partial charge in [-0.15, -0.1) is 0 Å². The Morgan fingerprint density at radius 3 is 2.36 bits per heavy atom. The van der Waals surface area contributed by atoms with E-state index in [9.17, 15) is 0 Å². The molecular formula is C21H22N2OSi. The van der Waals surface area contributed by atoms with Gasteiger partial charge in [-0.1, -0.05) is 48.5 Å². The second kappa shape index (κ2) is 7.90. The lowest BCUT2D eigenvalue weighted by Gasteiger charge is -2.14. The number of nitrogens with zero attached hydrogens (tertiary/aromatic N) is 2. The van der Waals surface area contributed by atoms with Gasteiger partial charge in [-0.05, 0) is 43.8 Å². The Balaban J connectivity index is 2.16. The number of para-hydroxylation sites is 2. The minimum absolute atomic E-state index is 0.839. The van der Waals surface area contributed by atoms with Gasteiger partial charge in [0.2, 0.25) is 9.04 Å². The molecular weight excluding hydrogens is 324 g/mol. The number of rotatable bonds is 5. The van der Waals surface area contributed by atoms with Crippen molar-refractivity contribution in [3.63, 3.8) is 0 Å². The van der Waals surface area contributed by atoms with Gasteiger partial charge in [0.05, 0.1) is 11.4 Å². The van der Waals surface area contributed by atoms with E-state index in [-0.39, 0.29) is 0 Å². The molecule has 0 radical (unpaired) electrons. The van der Waals surface area contributed by atoms with Gasteiger partial charge >= 0.3 is 0 Å². The Labute approximate surface area is 150 Å². The second-order valence-corrected chi connectivity index (χ2v) is 8.46. The van der Waals surface area contributed by atoms with Crippen LogP contribution in [0, 0.1) is 6.92 Å². The molecule has 0 aliphatic heterocycles. The van der Waals surface area contributed by atoms with Crippen LogP contribution in [-0.4, -0.2) is 19.7 Å². The van der Waals surface area contributed by atoms with E-state index in [0.29, 0.717) is 0 Å². The van der Waals surface area contributed by atoms with E-state index in [1.54, 1.807) is 0 Å². The predicted molar refractivity (Wildman–Crippen MR) is 107 cm³/mol. The molecule has 0 fully saturated rings. The Morgan fingerprint density at radius 2 is 1.64 bits per heavy atom. The summed E-state index contributed by atoms with van der Waals surface area (Å²) < 4.78 is 6.06. The third-order valence-electron chi connectivity index (χ3n) is 3.74. The lowest BCUT2D eigenvalue weighted by molar-refractivity contribution is 0.582. The smallest absolute Gasteiger partial charge is 0.229 e. The van der Waals surface area contributed by atoms with E-state index < -0.39 is 9.04 Å². The molecule has 1 heterocycles. The second-order valence-electron chi connectivity index (χ2n) is 6.13. The van der Waals surface area contributed by atoms with Crippen molar-refractivity contribution in [3.8, 4) is 5.75 Å². The molecule has 0 saturated carbocycles. The maximum absolute atomic E-state index is 6.06. The Morgan fingerprint density at radius 1 is 0.920 bits per heavy atom. The summed E-state index contributed by atoms with van der Waals surface area (Å²) in [5.41, 5.74) is 4.74. The molecule has 0 atom stereocenters. The largest absolute Gasteiger partial charge is 0.546 e. The predicted octanol–water partition coefficient (Wildman–Crippen LogP) is 4.92. The highest BCUT2D eigenvalue weighted by atomic mass is 28.3. The number of aliphatic imine (C=N–C) groups is 1. The number of hydrogen-bond acceptors (Lipinski definition) is 3. The van der Waals surface area contributed by atoms with Gasteiger partial charge in [-0.25, -0.2) is 4.99 Å². The highest BCUT2D eigenvalue weighted by Crippen LogP contribution is 2.29. The standard InChI is InChI=1S/C21H22N2OSi/c1-16-10-9-15-22-20(16)21(17-11-5-4-6-12-17)23-18-13-7-8-14-19(18)24-25(2)3/h4-15,25H,1-3H3. The number of aromatic nitrogens is 1. The highest BCUT2D eigenvalue weighted by molar-refractivity contribution is 6.49. The molecule has 3 nitrogen and oxygen atoms in total. The summed E-state index contributed by atoms with van der Waals surface area (Å²) >= 11 is 0. The molecule has 25 heavy (non-hydrogen) atoms. The van der Waals surface area contributed by atoms with Crippen LogP contribution in [0.15, 0.2) is 77.9 Å². The van der Waals surface area contributed by atoms with E-state index in [1.807, 2.05) is 54.7 Å². The molecule has 2 aromatic carbocycles. The summed E-state index contributed by atoms with van der Waals surface area (Å²) in [6.07, 6.45) is 1.81. The zero-order valence-corrected chi connectivity index (χ0v) is 16.0. The van der Waals surface area contributed by atoms with Gasteiger partial charge in [0, 0.05) is 11.8 Å². The minimum atomic E-state index is -1.21. The summed E-state index contributed by atoms with van der Waals surface area (Å²) in [4.78, 5) is 9.54. The normalized spacial score (nSPS) is 11.6. The first-order chi connectivity index (χ1) is 12.1. The van der Waals surface area contributed by atoms with Crippen LogP contribution in [0.4, 0.5) is 5.69 Å². The SMILES string of the molecule is Cc1cccnc1C(=Nc1ccccc1O[SiH](C)C)c1ccccc1. The van der Waals surface area contributed by atoms with E-state index in [0.717, 1.165) is 34.0 Å². The molecule has 0 aliphatic carbocycles. The third kappa shape index (κ3) is 4.22. The van der Waals surface area contributed by atoms with Crippen molar-refractivity contribution in [3.05, 3.63) is 89.7 Å². The monoisotopic (exact) mass is 346 g/mol. The molecule has 0 amide bonds. The average Bonchev–Trinajstić information content (AvgIpc) is 2.62. The number of benzene rings is 2. The maximum Gasteiger partial charge on any atom is 0.229 e. The van der Waals surface area contributed by atoms with Gasteiger partial charge in [-0.3, -0.25) is 4.98 Å². The van der Waals surface area contributed by atoms with E-state index in [4.69, 9.17) is 9.42 Å². The van der Waals surface area contributed by atoms with E-state index in [1.165, 1.54) is 0 Å². The Bertz CT molecular complexity index is 876. The molecule has 4 heteroatoms. The van der Waals surface area contributed by atoms with Crippen LogP contribution in [0.5, 0.6) is 5.75 Å². The van der Waals surface area contributed by atoms with Crippen LogP contribution in [-0.2, 0) is 0 Å². The van der Waals surface area contributed by atoms with Gasteiger partial charge < -0.3 is 4.43 Å². The van der Waals surface area contributed by atoms with Gasteiger partial charge in [0.25, 0.3) is 0 Å². The molecule has 0 unspecified atom stereocenters. The number of pyridine rings is 1. The van der Waals surface area contributed by atoms with Crippen LogP contribution in [0.2, 0.25) is 13.1 Å². The van der Waals surface area contributed by atoms with Crippen LogP contribution in [0.3, 0.4) is 0 Å². The summed E-state index contributed by atoms with van der Waals surface area (Å²) in [5, 5.41) is 0. The van der Waals surface area contributed by atoms with Crippen LogP contribution >= 0.6 is 0 Å². The van der Waals surface area contributed by atoms with Crippen LogP contribution in [0.25, 0.3) is 0 Å². The first kappa shape index (κ1) is 17.1. The van der Waals surface area contributed by atoms with Crippen molar-refractivity contribution in [2.45, 2.75) is 20.0 Å². The van der Waals surface area contributed by atoms with Crippen molar-refractivity contribution >= 4 is 20.4 Å². The van der Waals surface area contributed by atoms with E-state index in [2.05, 4.69) is 43.2 Å². The van der Waals surface area contributed by atoms with Crippen molar-refractivity contribution in [1.82, 2.24) is 4.98 Å². The summed E-state index contributed by atoms with van der Waals surface area (Å²) in [6.45, 7) is 6.37. The summed E-state index contributed by atoms with van der Waals surface area (Å²) in [7, 11) is -1.21. The fourth-order valence-corrected chi connectivity index (χ4v) is 3.31. The van der Waals surface area contributed by atoms with Crippen molar-refractivity contribution in [2.24, 2.45) is 4.99 Å². The first-order valence-corrected chi connectivity index (χ1v) is 11.2. The Hall–Kier alpha value is -2.72. The fraction of sp³-hybridized carbons (Fsp3) is 0.143. The molecule has 126 valence electrons. The lowest BCUT2D eigenvalue weighted by atomic mass is 10.0. The molecule has 3 rings (SSSR count).